The van der Waals surface area contributed by atoms with Gasteiger partial charge < -0.3 is 10.6 Å². The molecule has 1 heterocycles. The van der Waals surface area contributed by atoms with E-state index in [1.807, 2.05) is 19.1 Å². The minimum absolute atomic E-state index is 0.0877. The molecule has 0 saturated carbocycles. The maximum Gasteiger partial charge on any atom is 0.229 e. The number of rotatable bonds is 4. The average molecular weight is 361 g/mol. The maximum absolute atomic E-state index is 13.8. The molecule has 128 valence electrons. The molecule has 1 aromatic heterocycles. The molecule has 3 aromatic rings. The number of hydrogen-bond acceptors (Lipinski definition) is 4. The summed E-state index contributed by atoms with van der Waals surface area (Å²) in [5, 5.41) is 6.32. The highest BCUT2D eigenvalue weighted by Crippen LogP contribution is 2.25. The van der Waals surface area contributed by atoms with Crippen molar-refractivity contribution in [2.75, 3.05) is 10.6 Å². The van der Waals surface area contributed by atoms with Crippen molar-refractivity contribution in [1.29, 1.82) is 0 Å². The molecule has 4 nitrogen and oxygen atoms in total. The second-order valence-electron chi connectivity index (χ2n) is 5.53. The average Bonchev–Trinajstić information content (AvgIpc) is 2.54. The van der Waals surface area contributed by atoms with Crippen molar-refractivity contribution in [2.24, 2.45) is 0 Å². The van der Waals surface area contributed by atoms with Crippen LogP contribution in [0.5, 0.6) is 0 Å². The summed E-state index contributed by atoms with van der Waals surface area (Å²) in [6.45, 7) is 3.67. The zero-order valence-corrected chi connectivity index (χ0v) is 14.3. The van der Waals surface area contributed by atoms with E-state index >= 15 is 0 Å². The summed E-state index contributed by atoms with van der Waals surface area (Å²) >= 11 is 6.12. The molecule has 0 fully saturated rings. The van der Waals surface area contributed by atoms with E-state index in [9.17, 15) is 8.78 Å². The van der Waals surface area contributed by atoms with Crippen LogP contribution in [0.2, 0.25) is 5.02 Å². The summed E-state index contributed by atoms with van der Waals surface area (Å²) in [6, 6.07) is 10.9. The van der Waals surface area contributed by atoms with Crippen LogP contribution in [0.4, 0.5) is 31.9 Å². The minimum atomic E-state index is -0.718. The van der Waals surface area contributed by atoms with Crippen molar-refractivity contribution in [3.8, 4) is 0 Å². The van der Waals surface area contributed by atoms with Crippen LogP contribution in [-0.2, 0) is 0 Å². The number of para-hydroxylation sites is 1. The summed E-state index contributed by atoms with van der Waals surface area (Å²) in [4.78, 5) is 8.41. The molecule has 7 heteroatoms. The van der Waals surface area contributed by atoms with E-state index in [4.69, 9.17) is 11.6 Å². The molecule has 0 amide bonds. The Labute approximate surface area is 148 Å². The second-order valence-corrected chi connectivity index (χ2v) is 5.94. The molecule has 0 radical (unpaired) electrons. The third kappa shape index (κ3) is 4.03. The van der Waals surface area contributed by atoms with Crippen LogP contribution in [0.1, 0.15) is 11.3 Å². The fraction of sp³-hybridized carbons (Fsp3) is 0.111. The Morgan fingerprint density at radius 1 is 0.920 bits per heavy atom. The molecule has 3 rings (SSSR count). The Balaban J connectivity index is 1.89. The minimum Gasteiger partial charge on any atom is -0.340 e. The molecular weight excluding hydrogens is 346 g/mol. The first-order chi connectivity index (χ1) is 11.9. The van der Waals surface area contributed by atoms with E-state index in [1.54, 1.807) is 19.1 Å². The van der Waals surface area contributed by atoms with E-state index in [1.165, 1.54) is 6.07 Å². The van der Waals surface area contributed by atoms with Crippen molar-refractivity contribution in [1.82, 2.24) is 9.97 Å². The first kappa shape index (κ1) is 17.1. The zero-order valence-electron chi connectivity index (χ0n) is 13.6. The highest BCUT2D eigenvalue weighted by molar-refractivity contribution is 6.31. The molecular formula is C18H15ClF2N4. The van der Waals surface area contributed by atoms with Gasteiger partial charge in [0.15, 0.2) is 0 Å². The topological polar surface area (TPSA) is 49.8 Å². The summed E-state index contributed by atoms with van der Waals surface area (Å²) in [6.07, 6.45) is 0. The van der Waals surface area contributed by atoms with Crippen LogP contribution in [0.3, 0.4) is 0 Å². The third-order valence-corrected chi connectivity index (χ3v) is 3.91. The van der Waals surface area contributed by atoms with Crippen molar-refractivity contribution < 1.29 is 8.78 Å². The van der Waals surface area contributed by atoms with Gasteiger partial charge in [-0.15, -0.1) is 0 Å². The lowest BCUT2D eigenvalue weighted by atomic mass is 10.2. The van der Waals surface area contributed by atoms with E-state index in [0.717, 1.165) is 23.4 Å². The molecule has 0 spiro atoms. The molecule has 2 aromatic carbocycles. The normalized spacial score (nSPS) is 10.6. The van der Waals surface area contributed by atoms with Crippen LogP contribution in [0, 0.1) is 25.5 Å². The van der Waals surface area contributed by atoms with Gasteiger partial charge in [-0.05, 0) is 43.7 Å². The number of benzene rings is 2. The SMILES string of the molecule is Cc1cc(Nc2ccc(C)c(Cl)c2)nc(Nc2c(F)cccc2F)n1. The van der Waals surface area contributed by atoms with Gasteiger partial charge in [-0.3, -0.25) is 0 Å². The molecule has 0 unspecified atom stereocenters. The van der Waals surface area contributed by atoms with Gasteiger partial charge in [-0.2, -0.15) is 4.98 Å². The Bertz CT molecular complexity index is 911. The molecule has 2 N–H and O–H groups in total. The number of nitrogens with zero attached hydrogens (tertiary/aromatic N) is 2. The van der Waals surface area contributed by atoms with Gasteiger partial charge in [0.1, 0.15) is 23.1 Å². The van der Waals surface area contributed by atoms with Gasteiger partial charge in [-0.1, -0.05) is 23.7 Å². The van der Waals surface area contributed by atoms with Crippen molar-refractivity contribution in [2.45, 2.75) is 13.8 Å². The van der Waals surface area contributed by atoms with E-state index in [2.05, 4.69) is 20.6 Å². The number of aryl methyl sites for hydroxylation is 2. The highest BCUT2D eigenvalue weighted by Gasteiger charge is 2.11. The van der Waals surface area contributed by atoms with Gasteiger partial charge in [0, 0.05) is 22.5 Å². The number of aromatic nitrogens is 2. The Morgan fingerprint density at radius 3 is 2.32 bits per heavy atom. The number of hydrogen-bond donors (Lipinski definition) is 2. The fourth-order valence-corrected chi connectivity index (χ4v) is 2.42. The molecule has 0 aliphatic carbocycles. The molecule has 0 saturated heterocycles. The van der Waals surface area contributed by atoms with E-state index in [-0.39, 0.29) is 11.6 Å². The quantitative estimate of drug-likeness (QED) is 0.644. The van der Waals surface area contributed by atoms with E-state index in [0.29, 0.717) is 16.5 Å². The predicted octanol–water partition coefficient (Wildman–Crippen LogP) is 5.51. The van der Waals surface area contributed by atoms with Crippen molar-refractivity contribution in [3.63, 3.8) is 0 Å². The summed E-state index contributed by atoms with van der Waals surface area (Å²) in [7, 11) is 0. The summed E-state index contributed by atoms with van der Waals surface area (Å²) in [5.41, 5.74) is 2.05. The first-order valence-electron chi connectivity index (χ1n) is 7.52. The predicted molar refractivity (Wildman–Crippen MR) is 95.9 cm³/mol. The van der Waals surface area contributed by atoms with Gasteiger partial charge in [0.2, 0.25) is 5.95 Å². The maximum atomic E-state index is 13.8. The van der Waals surface area contributed by atoms with Crippen LogP contribution >= 0.6 is 11.6 Å². The van der Waals surface area contributed by atoms with Crippen LogP contribution in [0.15, 0.2) is 42.5 Å². The Kier molecular flexibility index (Phi) is 4.81. The first-order valence-corrected chi connectivity index (χ1v) is 7.90. The highest BCUT2D eigenvalue weighted by atomic mass is 35.5. The lowest BCUT2D eigenvalue weighted by Crippen LogP contribution is -2.05. The monoisotopic (exact) mass is 360 g/mol. The fourth-order valence-electron chi connectivity index (χ4n) is 2.24. The second kappa shape index (κ2) is 7.03. The van der Waals surface area contributed by atoms with Gasteiger partial charge in [0.05, 0.1) is 0 Å². The zero-order chi connectivity index (χ0) is 18.0. The van der Waals surface area contributed by atoms with Gasteiger partial charge in [0.25, 0.3) is 0 Å². The third-order valence-electron chi connectivity index (χ3n) is 3.50. The Hall–Kier alpha value is -2.73. The number of anilines is 4. The van der Waals surface area contributed by atoms with Crippen molar-refractivity contribution >= 4 is 34.7 Å². The molecule has 0 atom stereocenters. The summed E-state index contributed by atoms with van der Waals surface area (Å²) in [5.74, 6) is -0.869. The molecule has 0 aliphatic rings. The van der Waals surface area contributed by atoms with Crippen LogP contribution < -0.4 is 10.6 Å². The standard InChI is InChI=1S/C18H15ClF2N4/c1-10-6-7-12(9-13(10)19)23-16-8-11(2)22-18(24-16)25-17-14(20)4-3-5-15(17)21/h3-9H,1-2H3,(H2,22,23,24,25). The lowest BCUT2D eigenvalue weighted by molar-refractivity contribution is 0.590. The van der Waals surface area contributed by atoms with Crippen LogP contribution in [-0.4, -0.2) is 9.97 Å². The van der Waals surface area contributed by atoms with Gasteiger partial charge in [-0.25, -0.2) is 13.8 Å². The molecule has 0 bridgehead atoms. The number of nitrogens with one attached hydrogen (secondary N) is 2. The molecule has 25 heavy (non-hydrogen) atoms. The van der Waals surface area contributed by atoms with Gasteiger partial charge >= 0.3 is 0 Å². The van der Waals surface area contributed by atoms with Crippen molar-refractivity contribution in [3.05, 3.63) is 70.4 Å². The Morgan fingerprint density at radius 2 is 1.64 bits per heavy atom. The largest absolute Gasteiger partial charge is 0.340 e. The smallest absolute Gasteiger partial charge is 0.229 e. The lowest BCUT2D eigenvalue weighted by Gasteiger charge is -2.11. The molecule has 0 aliphatic heterocycles. The number of halogens is 3. The van der Waals surface area contributed by atoms with E-state index < -0.39 is 11.6 Å². The summed E-state index contributed by atoms with van der Waals surface area (Å²) < 4.78 is 27.6. The van der Waals surface area contributed by atoms with Crippen LogP contribution in [0.25, 0.3) is 0 Å².